The Morgan fingerprint density at radius 3 is 2.59 bits per heavy atom. The number of benzene rings is 1. The van der Waals surface area contributed by atoms with Crippen molar-refractivity contribution in [3.8, 4) is 11.5 Å². The van der Waals surface area contributed by atoms with E-state index in [1.807, 2.05) is 12.1 Å². The van der Waals surface area contributed by atoms with Crippen molar-refractivity contribution in [1.29, 1.82) is 0 Å². The average Bonchev–Trinajstić information content (AvgIpc) is 2.76. The Hall–Kier alpha value is -0.740. The van der Waals surface area contributed by atoms with E-state index >= 15 is 0 Å². The number of halogens is 1. The van der Waals surface area contributed by atoms with Crippen LogP contribution in [0.4, 0.5) is 0 Å². The summed E-state index contributed by atoms with van der Waals surface area (Å²) in [6.07, 6.45) is 2.29. The van der Waals surface area contributed by atoms with Crippen molar-refractivity contribution in [3.63, 3.8) is 0 Å². The lowest BCUT2D eigenvalue weighted by Crippen LogP contribution is -2.34. The molecule has 94 valence electrons. The minimum Gasteiger partial charge on any atom is -0.493 e. The van der Waals surface area contributed by atoms with Gasteiger partial charge in [-0.15, -0.1) is 0 Å². The van der Waals surface area contributed by atoms with Crippen LogP contribution in [-0.4, -0.2) is 20.8 Å². The maximum atomic E-state index is 5.53. The van der Waals surface area contributed by atoms with E-state index in [1.54, 1.807) is 14.2 Å². The molecule has 1 atom stereocenters. The van der Waals surface area contributed by atoms with Gasteiger partial charge in [-0.25, -0.2) is 0 Å². The molecule has 1 aromatic rings. The summed E-state index contributed by atoms with van der Waals surface area (Å²) in [6, 6.07) is 3.94. The molecule has 1 aliphatic rings. The Morgan fingerprint density at radius 2 is 2.06 bits per heavy atom. The fourth-order valence-electron chi connectivity index (χ4n) is 2.53. The highest BCUT2D eigenvalue weighted by molar-refractivity contribution is 9.10. The van der Waals surface area contributed by atoms with Crippen LogP contribution >= 0.6 is 15.9 Å². The van der Waals surface area contributed by atoms with Crippen LogP contribution in [0.15, 0.2) is 16.6 Å². The molecule has 0 spiro atoms. The lowest BCUT2D eigenvalue weighted by molar-refractivity contribution is 0.333. The third-order valence-electron chi connectivity index (χ3n) is 3.42. The first-order valence-electron chi connectivity index (χ1n) is 5.78. The summed E-state index contributed by atoms with van der Waals surface area (Å²) in [7, 11) is 3.35. The van der Waals surface area contributed by atoms with Crippen molar-refractivity contribution in [1.82, 2.24) is 5.32 Å². The highest BCUT2D eigenvalue weighted by Crippen LogP contribution is 2.45. The normalized spacial score (nSPS) is 23.8. The largest absolute Gasteiger partial charge is 0.493 e. The summed E-state index contributed by atoms with van der Waals surface area (Å²) >= 11 is 3.62. The zero-order valence-corrected chi connectivity index (χ0v) is 12.1. The molecule has 0 aliphatic carbocycles. The molecule has 3 nitrogen and oxygen atoms in total. The van der Waals surface area contributed by atoms with E-state index in [1.165, 1.54) is 6.42 Å². The predicted molar refractivity (Wildman–Crippen MR) is 71.8 cm³/mol. The monoisotopic (exact) mass is 299 g/mol. The minimum absolute atomic E-state index is 0.0429. The quantitative estimate of drug-likeness (QED) is 0.930. The molecule has 4 heteroatoms. The molecule has 0 saturated carbocycles. The van der Waals surface area contributed by atoms with Crippen LogP contribution in [-0.2, 0) is 5.54 Å². The van der Waals surface area contributed by atoms with E-state index in [4.69, 9.17) is 9.47 Å². The van der Waals surface area contributed by atoms with Crippen molar-refractivity contribution in [2.24, 2.45) is 0 Å². The van der Waals surface area contributed by atoms with Gasteiger partial charge in [0.15, 0.2) is 11.5 Å². The Morgan fingerprint density at radius 1 is 1.29 bits per heavy atom. The summed E-state index contributed by atoms with van der Waals surface area (Å²) in [5.41, 5.74) is 1.11. The first kappa shape index (κ1) is 12.7. The molecule has 0 bridgehead atoms. The van der Waals surface area contributed by atoms with Gasteiger partial charge in [-0.1, -0.05) is 15.9 Å². The Bertz CT molecular complexity index is 414. The average molecular weight is 300 g/mol. The summed E-state index contributed by atoms with van der Waals surface area (Å²) in [5, 5.41) is 3.55. The number of hydrogen-bond acceptors (Lipinski definition) is 3. The number of rotatable bonds is 3. The molecule has 1 saturated heterocycles. The van der Waals surface area contributed by atoms with Crippen LogP contribution in [0, 0.1) is 0 Å². The molecule has 1 heterocycles. The topological polar surface area (TPSA) is 30.5 Å². The SMILES string of the molecule is COc1ccc(Br)c(C2(C)CCCN2)c1OC. The second-order valence-electron chi connectivity index (χ2n) is 4.52. The molecular weight excluding hydrogens is 282 g/mol. The van der Waals surface area contributed by atoms with E-state index in [0.29, 0.717) is 0 Å². The molecule has 0 radical (unpaired) electrons. The van der Waals surface area contributed by atoms with Gasteiger partial charge in [0.2, 0.25) is 0 Å². The lowest BCUT2D eigenvalue weighted by atomic mass is 9.89. The molecule has 1 aromatic carbocycles. The van der Waals surface area contributed by atoms with Gasteiger partial charge in [0.05, 0.1) is 14.2 Å². The number of methoxy groups -OCH3 is 2. The second kappa shape index (κ2) is 4.86. The molecule has 0 amide bonds. The van der Waals surface area contributed by atoms with Crippen LogP contribution in [0.3, 0.4) is 0 Å². The van der Waals surface area contributed by atoms with Crippen molar-refractivity contribution in [2.75, 3.05) is 20.8 Å². The van der Waals surface area contributed by atoms with Crippen molar-refractivity contribution in [3.05, 3.63) is 22.2 Å². The van der Waals surface area contributed by atoms with Crippen molar-refractivity contribution < 1.29 is 9.47 Å². The van der Waals surface area contributed by atoms with E-state index in [0.717, 1.165) is 34.5 Å². The molecular formula is C13H18BrNO2. The Kier molecular flexibility index (Phi) is 3.64. The zero-order valence-electron chi connectivity index (χ0n) is 10.5. The Balaban J connectivity index is 2.57. The maximum Gasteiger partial charge on any atom is 0.166 e. The second-order valence-corrected chi connectivity index (χ2v) is 5.37. The van der Waals surface area contributed by atoms with Gasteiger partial charge in [0.25, 0.3) is 0 Å². The number of hydrogen-bond donors (Lipinski definition) is 1. The van der Waals surface area contributed by atoms with Gasteiger partial charge < -0.3 is 14.8 Å². The molecule has 1 aliphatic heterocycles. The van der Waals surface area contributed by atoms with Gasteiger partial charge in [0, 0.05) is 15.6 Å². The third-order valence-corrected chi connectivity index (χ3v) is 4.08. The highest BCUT2D eigenvalue weighted by Gasteiger charge is 2.35. The third kappa shape index (κ3) is 2.16. The van der Waals surface area contributed by atoms with Crippen LogP contribution < -0.4 is 14.8 Å². The number of nitrogens with one attached hydrogen (secondary N) is 1. The standard InChI is InChI=1S/C13H18BrNO2/c1-13(7-4-8-15-13)11-9(14)5-6-10(16-2)12(11)17-3/h5-6,15H,4,7-8H2,1-3H3. The first-order valence-corrected chi connectivity index (χ1v) is 6.57. The molecule has 1 N–H and O–H groups in total. The van der Waals surface area contributed by atoms with E-state index in [-0.39, 0.29) is 5.54 Å². The number of ether oxygens (including phenoxy) is 2. The zero-order chi connectivity index (χ0) is 12.5. The van der Waals surface area contributed by atoms with Crippen molar-refractivity contribution in [2.45, 2.75) is 25.3 Å². The van der Waals surface area contributed by atoms with Gasteiger partial charge in [-0.05, 0) is 38.4 Å². The summed E-state index contributed by atoms with van der Waals surface area (Å²) < 4.78 is 12.0. The van der Waals surface area contributed by atoms with Crippen LogP contribution in [0.2, 0.25) is 0 Å². The highest BCUT2D eigenvalue weighted by atomic mass is 79.9. The van der Waals surface area contributed by atoms with Crippen molar-refractivity contribution >= 4 is 15.9 Å². The van der Waals surface area contributed by atoms with Crippen LogP contribution in [0.25, 0.3) is 0 Å². The smallest absolute Gasteiger partial charge is 0.166 e. The van der Waals surface area contributed by atoms with Crippen LogP contribution in [0.1, 0.15) is 25.3 Å². The molecule has 1 fully saturated rings. The molecule has 1 unspecified atom stereocenters. The fraction of sp³-hybridized carbons (Fsp3) is 0.538. The van der Waals surface area contributed by atoms with Gasteiger partial charge >= 0.3 is 0 Å². The summed E-state index contributed by atoms with van der Waals surface area (Å²) in [4.78, 5) is 0. The summed E-state index contributed by atoms with van der Waals surface area (Å²) in [5.74, 6) is 1.60. The first-order chi connectivity index (χ1) is 8.12. The molecule has 17 heavy (non-hydrogen) atoms. The Labute approximate surface area is 111 Å². The maximum absolute atomic E-state index is 5.53. The van der Waals surface area contributed by atoms with Gasteiger partial charge in [-0.3, -0.25) is 0 Å². The van der Waals surface area contributed by atoms with Gasteiger partial charge in [-0.2, -0.15) is 0 Å². The molecule has 2 rings (SSSR count). The fourth-order valence-corrected chi connectivity index (χ4v) is 3.27. The van der Waals surface area contributed by atoms with E-state index in [9.17, 15) is 0 Å². The van der Waals surface area contributed by atoms with E-state index < -0.39 is 0 Å². The predicted octanol–water partition coefficient (Wildman–Crippen LogP) is 3.06. The van der Waals surface area contributed by atoms with E-state index in [2.05, 4.69) is 28.2 Å². The molecule has 0 aromatic heterocycles. The van der Waals surface area contributed by atoms with Gasteiger partial charge in [0.1, 0.15) is 0 Å². The minimum atomic E-state index is -0.0429. The summed E-state index contributed by atoms with van der Waals surface area (Å²) in [6.45, 7) is 3.26. The van der Waals surface area contributed by atoms with Crippen LogP contribution in [0.5, 0.6) is 11.5 Å². The lowest BCUT2D eigenvalue weighted by Gasteiger charge is -2.29.